The van der Waals surface area contributed by atoms with Crippen molar-refractivity contribution in [3.63, 3.8) is 0 Å². The van der Waals surface area contributed by atoms with Crippen molar-refractivity contribution in [1.29, 1.82) is 0 Å². The summed E-state index contributed by atoms with van der Waals surface area (Å²) in [7, 11) is 0. The van der Waals surface area contributed by atoms with Gasteiger partial charge in [0.2, 0.25) is 0 Å². The molecule has 1 aromatic heterocycles. The van der Waals surface area contributed by atoms with E-state index in [0.717, 1.165) is 0 Å². The molecule has 0 radical (unpaired) electrons. The number of ketones is 2. The summed E-state index contributed by atoms with van der Waals surface area (Å²) >= 11 is 0. The van der Waals surface area contributed by atoms with Crippen LogP contribution >= 0.6 is 0 Å². The molecule has 102 valence electrons. The molecule has 0 fully saturated rings. The summed E-state index contributed by atoms with van der Waals surface area (Å²) in [5, 5.41) is 0. The van der Waals surface area contributed by atoms with Gasteiger partial charge in [-0.25, -0.2) is 0 Å². The van der Waals surface area contributed by atoms with Gasteiger partial charge in [0.15, 0.2) is 5.78 Å². The number of nitrogens with zero attached hydrogens (tertiary/aromatic N) is 1. The molecule has 1 atom stereocenters. The molecule has 0 aromatic carbocycles. The summed E-state index contributed by atoms with van der Waals surface area (Å²) in [5.74, 6) is -2.03. The van der Waals surface area contributed by atoms with E-state index in [-0.39, 0.29) is 30.9 Å². The van der Waals surface area contributed by atoms with Gasteiger partial charge in [-0.3, -0.25) is 14.6 Å². The van der Waals surface area contributed by atoms with Gasteiger partial charge in [-0.1, -0.05) is 6.07 Å². The van der Waals surface area contributed by atoms with Crippen LogP contribution in [0.1, 0.15) is 37.2 Å². The summed E-state index contributed by atoms with van der Waals surface area (Å²) < 4.78 is 4.88. The predicted octanol–water partition coefficient (Wildman–Crippen LogP) is 1.81. The first kappa shape index (κ1) is 15.0. The SMILES string of the molecule is CCOC(=O)C(CCC(C)=O)C(=O)c1ccccn1. The Morgan fingerprint density at radius 3 is 2.58 bits per heavy atom. The van der Waals surface area contributed by atoms with E-state index in [0.29, 0.717) is 0 Å². The van der Waals surface area contributed by atoms with E-state index < -0.39 is 17.7 Å². The van der Waals surface area contributed by atoms with Crippen LogP contribution in [0, 0.1) is 5.92 Å². The van der Waals surface area contributed by atoms with Crippen LogP contribution in [0.2, 0.25) is 0 Å². The number of ether oxygens (including phenoxy) is 1. The van der Waals surface area contributed by atoms with E-state index >= 15 is 0 Å². The molecule has 0 saturated carbocycles. The number of aromatic nitrogens is 1. The highest BCUT2D eigenvalue weighted by molar-refractivity contribution is 6.07. The lowest BCUT2D eigenvalue weighted by Crippen LogP contribution is -2.27. The number of hydrogen-bond acceptors (Lipinski definition) is 5. The molecule has 0 N–H and O–H groups in total. The molecule has 0 aliphatic heterocycles. The molecule has 0 bridgehead atoms. The van der Waals surface area contributed by atoms with Crippen molar-refractivity contribution in [2.45, 2.75) is 26.7 Å². The zero-order valence-electron chi connectivity index (χ0n) is 11.1. The lowest BCUT2D eigenvalue weighted by molar-refractivity contribution is -0.146. The summed E-state index contributed by atoms with van der Waals surface area (Å²) in [6, 6.07) is 4.90. The number of esters is 1. The summed E-state index contributed by atoms with van der Waals surface area (Å²) in [6.45, 7) is 3.30. The molecule has 0 aliphatic carbocycles. The maximum absolute atomic E-state index is 12.2. The lowest BCUT2D eigenvalue weighted by Gasteiger charge is -2.13. The number of Topliss-reactive ketones (excluding diaryl/α,β-unsaturated/α-hetero) is 2. The highest BCUT2D eigenvalue weighted by Gasteiger charge is 2.29. The van der Waals surface area contributed by atoms with E-state index in [4.69, 9.17) is 4.74 Å². The molecule has 0 saturated heterocycles. The van der Waals surface area contributed by atoms with Crippen LogP contribution in [-0.2, 0) is 14.3 Å². The fraction of sp³-hybridized carbons (Fsp3) is 0.429. The van der Waals surface area contributed by atoms with E-state index in [9.17, 15) is 14.4 Å². The third-order valence-corrected chi connectivity index (χ3v) is 2.59. The van der Waals surface area contributed by atoms with Gasteiger partial charge in [-0.05, 0) is 32.4 Å². The quantitative estimate of drug-likeness (QED) is 0.426. The predicted molar refractivity (Wildman–Crippen MR) is 68.6 cm³/mol. The number of pyridine rings is 1. The average molecular weight is 263 g/mol. The van der Waals surface area contributed by atoms with Crippen LogP contribution in [0.4, 0.5) is 0 Å². The van der Waals surface area contributed by atoms with E-state index in [1.165, 1.54) is 13.1 Å². The molecule has 5 heteroatoms. The second kappa shape index (κ2) is 7.41. The standard InChI is InChI=1S/C14H17NO4/c1-3-19-14(18)11(8-7-10(2)16)13(17)12-6-4-5-9-15-12/h4-6,9,11H,3,7-8H2,1-2H3. The van der Waals surface area contributed by atoms with Crippen molar-refractivity contribution in [2.24, 2.45) is 5.92 Å². The first-order chi connectivity index (χ1) is 9.06. The van der Waals surface area contributed by atoms with E-state index in [1.54, 1.807) is 25.1 Å². The Balaban J connectivity index is 2.86. The van der Waals surface area contributed by atoms with Crippen molar-refractivity contribution >= 4 is 17.5 Å². The van der Waals surface area contributed by atoms with Crippen molar-refractivity contribution in [1.82, 2.24) is 4.98 Å². The third kappa shape index (κ3) is 4.62. The van der Waals surface area contributed by atoms with Crippen molar-refractivity contribution in [2.75, 3.05) is 6.61 Å². The van der Waals surface area contributed by atoms with Gasteiger partial charge in [0.1, 0.15) is 17.4 Å². The van der Waals surface area contributed by atoms with Gasteiger partial charge < -0.3 is 9.53 Å². The second-order valence-electron chi connectivity index (χ2n) is 4.12. The Bertz CT molecular complexity index is 456. The van der Waals surface area contributed by atoms with Crippen LogP contribution in [-0.4, -0.2) is 29.1 Å². The van der Waals surface area contributed by atoms with Gasteiger partial charge in [0, 0.05) is 12.6 Å². The maximum atomic E-state index is 12.2. The zero-order chi connectivity index (χ0) is 14.3. The number of carbonyl (C=O) groups is 3. The van der Waals surface area contributed by atoms with E-state index in [1.807, 2.05) is 0 Å². The fourth-order valence-corrected chi connectivity index (χ4v) is 1.63. The van der Waals surface area contributed by atoms with Crippen LogP contribution in [0.5, 0.6) is 0 Å². The van der Waals surface area contributed by atoms with Gasteiger partial charge in [-0.15, -0.1) is 0 Å². The van der Waals surface area contributed by atoms with Crippen LogP contribution in [0.3, 0.4) is 0 Å². The van der Waals surface area contributed by atoms with Crippen LogP contribution in [0.25, 0.3) is 0 Å². The molecule has 1 aromatic rings. The molecule has 1 heterocycles. The van der Waals surface area contributed by atoms with Gasteiger partial charge in [0.05, 0.1) is 6.61 Å². The second-order valence-corrected chi connectivity index (χ2v) is 4.12. The van der Waals surface area contributed by atoms with Crippen LogP contribution < -0.4 is 0 Å². The van der Waals surface area contributed by atoms with E-state index in [2.05, 4.69) is 4.98 Å². The molecule has 19 heavy (non-hydrogen) atoms. The number of carbonyl (C=O) groups excluding carboxylic acids is 3. The molecule has 1 unspecified atom stereocenters. The summed E-state index contributed by atoms with van der Waals surface area (Å²) in [5.41, 5.74) is 0.212. The average Bonchev–Trinajstić information content (AvgIpc) is 2.39. The maximum Gasteiger partial charge on any atom is 0.316 e. The first-order valence-corrected chi connectivity index (χ1v) is 6.17. The molecule has 5 nitrogen and oxygen atoms in total. The lowest BCUT2D eigenvalue weighted by atomic mass is 9.95. The highest BCUT2D eigenvalue weighted by Crippen LogP contribution is 2.15. The minimum Gasteiger partial charge on any atom is -0.465 e. The topological polar surface area (TPSA) is 73.3 Å². The Hall–Kier alpha value is -2.04. The minimum atomic E-state index is -0.959. The van der Waals surface area contributed by atoms with Crippen molar-refractivity contribution < 1.29 is 19.1 Å². The van der Waals surface area contributed by atoms with Gasteiger partial charge in [-0.2, -0.15) is 0 Å². The normalized spacial score (nSPS) is 11.7. The molecular formula is C14H17NO4. The number of rotatable bonds is 7. The Kier molecular flexibility index (Phi) is 5.85. The number of hydrogen-bond donors (Lipinski definition) is 0. The first-order valence-electron chi connectivity index (χ1n) is 6.17. The molecule has 1 rings (SSSR count). The zero-order valence-corrected chi connectivity index (χ0v) is 11.1. The molecule has 0 amide bonds. The summed E-state index contributed by atoms with van der Waals surface area (Å²) in [4.78, 5) is 38.9. The minimum absolute atomic E-state index is 0.0666. The monoisotopic (exact) mass is 263 g/mol. The largest absolute Gasteiger partial charge is 0.465 e. The molecule has 0 aliphatic rings. The summed E-state index contributed by atoms with van der Waals surface area (Å²) in [6.07, 6.45) is 1.81. The fourth-order valence-electron chi connectivity index (χ4n) is 1.63. The molecular weight excluding hydrogens is 246 g/mol. The van der Waals surface area contributed by atoms with Crippen molar-refractivity contribution in [3.8, 4) is 0 Å². The van der Waals surface area contributed by atoms with Gasteiger partial charge >= 0.3 is 5.97 Å². The smallest absolute Gasteiger partial charge is 0.316 e. The Morgan fingerprint density at radius 1 is 1.32 bits per heavy atom. The Labute approximate surface area is 112 Å². The highest BCUT2D eigenvalue weighted by atomic mass is 16.5. The van der Waals surface area contributed by atoms with Gasteiger partial charge in [0.25, 0.3) is 0 Å². The van der Waals surface area contributed by atoms with Crippen LogP contribution in [0.15, 0.2) is 24.4 Å². The van der Waals surface area contributed by atoms with Crippen molar-refractivity contribution in [3.05, 3.63) is 30.1 Å². The molecule has 0 spiro atoms. The third-order valence-electron chi connectivity index (χ3n) is 2.59. The Morgan fingerprint density at radius 2 is 2.05 bits per heavy atom.